The Morgan fingerprint density at radius 3 is 0.769 bits per heavy atom. The summed E-state index contributed by atoms with van der Waals surface area (Å²) in [5.41, 5.74) is 0. The van der Waals surface area contributed by atoms with Gasteiger partial charge in [-0.1, -0.05) is 0 Å². The number of hydrogen-bond acceptors (Lipinski definition) is 4. The number of ether oxygens (including phenoxy) is 4. The van der Waals surface area contributed by atoms with Crippen LogP contribution in [-0.2, 0) is 18.9 Å². The maximum atomic E-state index is 5.22. The summed E-state index contributed by atoms with van der Waals surface area (Å²) in [5, 5.41) is 0. The summed E-state index contributed by atoms with van der Waals surface area (Å²) in [7, 11) is 0. The first kappa shape index (κ1) is 13.4. The molecule has 0 N–H and O–H groups in total. The second kappa shape index (κ2) is 10.5. The molecule has 0 bridgehead atoms. The van der Waals surface area contributed by atoms with Crippen LogP contribution in [-0.4, -0.2) is 52.9 Å². The fourth-order valence-electron chi connectivity index (χ4n) is 0.880. The molecule has 0 aliphatic carbocycles. The van der Waals surface area contributed by atoms with Gasteiger partial charge in [0.25, 0.3) is 0 Å². The first-order valence-corrected chi connectivity index (χ1v) is 4.31. The Bertz CT molecular complexity index is 64.3. The van der Waals surface area contributed by atoms with Crippen molar-refractivity contribution in [2.24, 2.45) is 0 Å². The molecule has 0 unspecified atom stereocenters. The van der Waals surface area contributed by atoms with Gasteiger partial charge in [0.05, 0.1) is 52.9 Å². The summed E-state index contributed by atoms with van der Waals surface area (Å²) in [6, 6.07) is 0. The van der Waals surface area contributed by atoms with Crippen molar-refractivity contribution in [1.29, 1.82) is 0 Å². The molecular weight excluding hydrogens is 167 g/mol. The SMILES string of the molecule is C1COCCOCCOCCO1.[H-].[Li+]. The van der Waals surface area contributed by atoms with Gasteiger partial charge in [-0.2, -0.15) is 0 Å². The van der Waals surface area contributed by atoms with Crippen LogP contribution in [0.15, 0.2) is 0 Å². The van der Waals surface area contributed by atoms with Crippen LogP contribution >= 0.6 is 0 Å². The molecule has 1 fully saturated rings. The van der Waals surface area contributed by atoms with E-state index in [0.29, 0.717) is 52.9 Å². The first-order valence-electron chi connectivity index (χ1n) is 4.31. The van der Waals surface area contributed by atoms with Crippen LogP contribution in [0.25, 0.3) is 0 Å². The van der Waals surface area contributed by atoms with Crippen LogP contribution < -0.4 is 18.9 Å². The normalized spacial score (nSPS) is 22.2. The van der Waals surface area contributed by atoms with Gasteiger partial charge in [-0.05, 0) is 0 Å². The Morgan fingerprint density at radius 1 is 0.462 bits per heavy atom. The van der Waals surface area contributed by atoms with Gasteiger partial charge in [0.1, 0.15) is 0 Å². The van der Waals surface area contributed by atoms with Crippen molar-refractivity contribution in [3.63, 3.8) is 0 Å². The third kappa shape index (κ3) is 8.76. The Kier molecular flexibility index (Phi) is 10.9. The second-order valence-corrected chi connectivity index (χ2v) is 2.45. The molecule has 1 rings (SSSR count). The van der Waals surface area contributed by atoms with E-state index in [4.69, 9.17) is 18.9 Å². The molecule has 0 saturated carbocycles. The van der Waals surface area contributed by atoms with E-state index in [2.05, 4.69) is 0 Å². The van der Waals surface area contributed by atoms with Crippen molar-refractivity contribution in [3.8, 4) is 0 Å². The van der Waals surface area contributed by atoms with Crippen LogP contribution in [0.5, 0.6) is 0 Å². The van der Waals surface area contributed by atoms with E-state index in [-0.39, 0.29) is 20.3 Å². The molecule has 0 amide bonds. The van der Waals surface area contributed by atoms with Gasteiger partial charge in [-0.25, -0.2) is 0 Å². The Labute approximate surface area is 92.5 Å². The average Bonchev–Trinajstić information content (AvgIpc) is 2.05. The molecule has 0 spiro atoms. The maximum absolute atomic E-state index is 5.22. The zero-order chi connectivity index (χ0) is 8.49. The van der Waals surface area contributed by atoms with Crippen molar-refractivity contribution in [3.05, 3.63) is 0 Å². The first-order chi connectivity index (χ1) is 6.00. The van der Waals surface area contributed by atoms with Crippen LogP contribution in [0.4, 0.5) is 0 Å². The summed E-state index contributed by atoms with van der Waals surface area (Å²) in [6.07, 6.45) is 0. The van der Waals surface area contributed by atoms with E-state index in [0.717, 1.165) is 0 Å². The van der Waals surface area contributed by atoms with Gasteiger partial charge in [0.2, 0.25) is 0 Å². The van der Waals surface area contributed by atoms with Crippen LogP contribution in [0.1, 0.15) is 1.43 Å². The Hall–Kier alpha value is 0.437. The van der Waals surface area contributed by atoms with Crippen LogP contribution in [0, 0.1) is 0 Å². The van der Waals surface area contributed by atoms with Gasteiger partial charge < -0.3 is 20.4 Å². The topological polar surface area (TPSA) is 36.9 Å². The molecule has 5 heteroatoms. The third-order valence-corrected chi connectivity index (χ3v) is 1.49. The monoisotopic (exact) mass is 184 g/mol. The quantitative estimate of drug-likeness (QED) is 0.381. The Morgan fingerprint density at radius 2 is 0.615 bits per heavy atom. The molecule has 1 aliphatic rings. The van der Waals surface area contributed by atoms with E-state index in [1.54, 1.807) is 0 Å². The average molecular weight is 184 g/mol. The van der Waals surface area contributed by atoms with Crippen molar-refractivity contribution in [2.45, 2.75) is 0 Å². The summed E-state index contributed by atoms with van der Waals surface area (Å²) in [5.74, 6) is 0. The summed E-state index contributed by atoms with van der Waals surface area (Å²) >= 11 is 0. The standard InChI is InChI=1S/C8H16O4.Li.H/c1-2-10-5-6-12-8-7-11-4-3-9-1;;/h1-8H2;;/q;+1;-1. The van der Waals surface area contributed by atoms with Gasteiger partial charge in [0, 0.05) is 0 Å². The van der Waals surface area contributed by atoms with E-state index in [1.165, 1.54) is 0 Å². The second-order valence-electron chi connectivity index (χ2n) is 2.45. The van der Waals surface area contributed by atoms with Crippen molar-refractivity contribution >= 4 is 0 Å². The van der Waals surface area contributed by atoms with Crippen LogP contribution in [0.3, 0.4) is 0 Å². The molecule has 74 valence electrons. The molecule has 1 saturated heterocycles. The minimum Gasteiger partial charge on any atom is -1.00 e. The summed E-state index contributed by atoms with van der Waals surface area (Å²) in [4.78, 5) is 0. The van der Waals surface area contributed by atoms with Gasteiger partial charge in [-0.15, -0.1) is 0 Å². The Balaban J connectivity index is 0. The fourth-order valence-corrected chi connectivity index (χ4v) is 0.880. The summed E-state index contributed by atoms with van der Waals surface area (Å²) < 4.78 is 20.9. The van der Waals surface area contributed by atoms with E-state index in [1.807, 2.05) is 0 Å². The zero-order valence-electron chi connectivity index (χ0n) is 9.29. The largest absolute Gasteiger partial charge is 1.00 e. The molecule has 0 atom stereocenters. The zero-order valence-corrected chi connectivity index (χ0v) is 8.29. The van der Waals surface area contributed by atoms with Crippen LogP contribution in [0.2, 0.25) is 0 Å². The van der Waals surface area contributed by atoms with Gasteiger partial charge >= 0.3 is 18.9 Å². The minimum atomic E-state index is 0. The molecule has 1 aliphatic heterocycles. The van der Waals surface area contributed by atoms with Gasteiger partial charge in [-0.3, -0.25) is 0 Å². The molecule has 0 aromatic heterocycles. The number of rotatable bonds is 0. The molecule has 13 heavy (non-hydrogen) atoms. The molecule has 0 aromatic carbocycles. The van der Waals surface area contributed by atoms with Gasteiger partial charge in [0.15, 0.2) is 0 Å². The van der Waals surface area contributed by atoms with E-state index in [9.17, 15) is 0 Å². The molecule has 0 aromatic rings. The smallest absolute Gasteiger partial charge is 1.00 e. The maximum Gasteiger partial charge on any atom is 1.00 e. The fraction of sp³-hybridized carbons (Fsp3) is 1.00. The van der Waals surface area contributed by atoms with Crippen molar-refractivity contribution in [2.75, 3.05) is 52.9 Å². The van der Waals surface area contributed by atoms with Crippen molar-refractivity contribution in [1.82, 2.24) is 0 Å². The predicted molar refractivity (Wildman–Crippen MR) is 44.4 cm³/mol. The molecule has 0 radical (unpaired) electrons. The minimum absolute atomic E-state index is 0. The molecular formula is C8H17LiO4. The van der Waals surface area contributed by atoms with Crippen molar-refractivity contribution < 1.29 is 39.2 Å². The number of hydrogen-bond donors (Lipinski definition) is 0. The van der Waals surface area contributed by atoms with E-state index >= 15 is 0 Å². The molecule has 1 heterocycles. The summed E-state index contributed by atoms with van der Waals surface area (Å²) in [6.45, 7) is 5.14. The molecule has 4 nitrogen and oxygen atoms in total. The predicted octanol–water partition coefficient (Wildman–Crippen LogP) is -2.82. The van der Waals surface area contributed by atoms with E-state index < -0.39 is 0 Å². The third-order valence-electron chi connectivity index (χ3n) is 1.49.